The van der Waals surface area contributed by atoms with Crippen LogP contribution in [0.2, 0.25) is 0 Å². The fourth-order valence-electron chi connectivity index (χ4n) is 3.63. The zero-order valence-corrected chi connectivity index (χ0v) is 16.0. The third-order valence-electron chi connectivity index (χ3n) is 5.23. The van der Waals surface area contributed by atoms with Crippen molar-refractivity contribution in [2.75, 3.05) is 13.2 Å². The van der Waals surface area contributed by atoms with Crippen LogP contribution in [-0.2, 0) is 25.4 Å². The maximum Gasteiger partial charge on any atom is 0.186 e. The highest BCUT2D eigenvalue weighted by molar-refractivity contribution is 5.25. The number of hydrogen-bond donors (Lipinski definition) is 3. The first-order chi connectivity index (χ1) is 14.1. The first kappa shape index (κ1) is 20.3. The van der Waals surface area contributed by atoms with Gasteiger partial charge in [0.05, 0.1) is 13.2 Å². The number of aliphatic hydroxyl groups excluding tert-OH is 2. The second-order valence-corrected chi connectivity index (χ2v) is 7.34. The molecule has 2 aliphatic heterocycles. The predicted octanol–water partition coefficient (Wildman–Crippen LogP) is 1.90. The van der Waals surface area contributed by atoms with Crippen molar-refractivity contribution in [3.8, 4) is 5.75 Å². The smallest absolute Gasteiger partial charge is 0.186 e. The molecular formula is C22H26O7. The van der Waals surface area contributed by atoms with Gasteiger partial charge in [0.25, 0.3) is 0 Å². The maximum absolute atomic E-state index is 10.6. The molecule has 2 fully saturated rings. The Balaban J connectivity index is 1.28. The minimum atomic E-state index is -1.21. The SMILES string of the molecule is Oc1ccc(CCCOC2OC3COC(c4ccccc4)OC3C(O)C2O)cc1. The molecule has 0 spiro atoms. The van der Waals surface area contributed by atoms with Crippen molar-refractivity contribution in [2.45, 2.75) is 49.8 Å². The summed E-state index contributed by atoms with van der Waals surface area (Å²) in [5.41, 5.74) is 1.93. The second-order valence-electron chi connectivity index (χ2n) is 7.34. The molecule has 156 valence electrons. The summed E-state index contributed by atoms with van der Waals surface area (Å²) in [4.78, 5) is 0. The quantitative estimate of drug-likeness (QED) is 0.635. The van der Waals surface area contributed by atoms with E-state index >= 15 is 0 Å². The van der Waals surface area contributed by atoms with E-state index in [1.165, 1.54) is 0 Å². The molecule has 6 unspecified atom stereocenters. The molecule has 3 N–H and O–H groups in total. The zero-order chi connectivity index (χ0) is 20.2. The van der Waals surface area contributed by atoms with Crippen molar-refractivity contribution in [3.05, 3.63) is 65.7 Å². The molecular weight excluding hydrogens is 376 g/mol. The summed E-state index contributed by atoms with van der Waals surface area (Å²) in [7, 11) is 0. The van der Waals surface area contributed by atoms with Crippen LogP contribution in [0, 0.1) is 0 Å². The molecule has 0 aliphatic carbocycles. The average molecular weight is 402 g/mol. The lowest BCUT2D eigenvalue weighted by molar-refractivity contribution is -0.361. The third kappa shape index (κ3) is 4.78. The van der Waals surface area contributed by atoms with E-state index in [9.17, 15) is 15.3 Å². The van der Waals surface area contributed by atoms with Crippen molar-refractivity contribution in [1.82, 2.24) is 0 Å². The van der Waals surface area contributed by atoms with E-state index in [2.05, 4.69) is 0 Å². The van der Waals surface area contributed by atoms with Gasteiger partial charge < -0.3 is 34.3 Å². The molecule has 2 aromatic carbocycles. The number of ether oxygens (including phenoxy) is 4. The Hall–Kier alpha value is -2.00. The lowest BCUT2D eigenvalue weighted by atomic mass is 9.98. The summed E-state index contributed by atoms with van der Waals surface area (Å²) in [5.74, 6) is 0.235. The highest BCUT2D eigenvalue weighted by Crippen LogP contribution is 2.34. The number of fused-ring (bicyclic) bond motifs is 1. The standard InChI is InChI=1S/C22H26O7/c23-16-10-8-14(9-11-16)5-4-12-26-22-19(25)18(24)20-17(28-22)13-27-21(29-20)15-6-2-1-3-7-15/h1-3,6-11,17-25H,4-5,12-13H2. The van der Waals surface area contributed by atoms with Crippen molar-refractivity contribution < 1.29 is 34.3 Å². The monoisotopic (exact) mass is 402 g/mol. The van der Waals surface area contributed by atoms with Gasteiger partial charge in [0.15, 0.2) is 12.6 Å². The van der Waals surface area contributed by atoms with Crippen LogP contribution >= 0.6 is 0 Å². The zero-order valence-electron chi connectivity index (χ0n) is 16.0. The van der Waals surface area contributed by atoms with Crippen LogP contribution in [0.5, 0.6) is 5.75 Å². The van der Waals surface area contributed by atoms with Crippen molar-refractivity contribution in [3.63, 3.8) is 0 Å². The Morgan fingerprint density at radius 2 is 1.69 bits per heavy atom. The highest BCUT2D eigenvalue weighted by atomic mass is 16.8. The number of benzene rings is 2. The van der Waals surface area contributed by atoms with E-state index in [4.69, 9.17) is 18.9 Å². The van der Waals surface area contributed by atoms with Gasteiger partial charge in [-0.3, -0.25) is 0 Å². The van der Waals surface area contributed by atoms with Crippen LogP contribution < -0.4 is 0 Å². The van der Waals surface area contributed by atoms with E-state index in [0.717, 1.165) is 17.5 Å². The molecule has 7 heteroatoms. The number of phenols is 1. The first-order valence-electron chi connectivity index (χ1n) is 9.85. The van der Waals surface area contributed by atoms with Crippen LogP contribution in [0.1, 0.15) is 23.8 Å². The summed E-state index contributed by atoms with van der Waals surface area (Å²) in [5, 5.41) is 30.3. The summed E-state index contributed by atoms with van der Waals surface area (Å²) in [6.07, 6.45) is -3.62. The maximum atomic E-state index is 10.6. The molecule has 6 atom stereocenters. The Labute approximate surface area is 169 Å². The van der Waals surface area contributed by atoms with Crippen LogP contribution in [-0.4, -0.2) is 59.2 Å². The van der Waals surface area contributed by atoms with Gasteiger partial charge in [-0.05, 0) is 30.5 Å². The summed E-state index contributed by atoms with van der Waals surface area (Å²) in [6.45, 7) is 0.600. The molecule has 2 aromatic rings. The van der Waals surface area contributed by atoms with E-state index in [1.54, 1.807) is 12.1 Å². The number of rotatable bonds is 6. The minimum Gasteiger partial charge on any atom is -0.508 e. The molecule has 0 aromatic heterocycles. The van der Waals surface area contributed by atoms with Crippen LogP contribution in [0.15, 0.2) is 54.6 Å². The van der Waals surface area contributed by atoms with Gasteiger partial charge in [-0.15, -0.1) is 0 Å². The van der Waals surface area contributed by atoms with E-state index in [1.807, 2.05) is 42.5 Å². The van der Waals surface area contributed by atoms with Gasteiger partial charge in [-0.25, -0.2) is 0 Å². The summed E-state index contributed by atoms with van der Waals surface area (Å²) in [6, 6.07) is 16.5. The van der Waals surface area contributed by atoms with Gasteiger partial charge in [0.2, 0.25) is 0 Å². The number of aryl methyl sites for hydroxylation is 1. The molecule has 0 saturated carbocycles. The number of aliphatic hydroxyl groups is 2. The number of aromatic hydroxyl groups is 1. The van der Waals surface area contributed by atoms with Crippen LogP contribution in [0.4, 0.5) is 0 Å². The molecule has 4 rings (SSSR count). The molecule has 2 saturated heterocycles. The normalized spacial score (nSPS) is 31.9. The first-order valence-corrected chi connectivity index (χ1v) is 9.85. The Morgan fingerprint density at radius 1 is 0.931 bits per heavy atom. The number of phenolic OH excluding ortho intramolecular Hbond substituents is 1. The molecule has 0 amide bonds. The molecule has 0 bridgehead atoms. The topological polar surface area (TPSA) is 97.6 Å². The molecule has 2 aliphatic rings. The number of hydrogen-bond acceptors (Lipinski definition) is 7. The van der Waals surface area contributed by atoms with Gasteiger partial charge in [-0.1, -0.05) is 42.5 Å². The van der Waals surface area contributed by atoms with Gasteiger partial charge in [0, 0.05) is 5.56 Å². The predicted molar refractivity (Wildman–Crippen MR) is 103 cm³/mol. The van der Waals surface area contributed by atoms with Crippen LogP contribution in [0.25, 0.3) is 0 Å². The van der Waals surface area contributed by atoms with Gasteiger partial charge in [-0.2, -0.15) is 0 Å². The fraction of sp³-hybridized carbons (Fsp3) is 0.455. The molecule has 2 heterocycles. The minimum absolute atomic E-state index is 0.235. The summed E-state index contributed by atoms with van der Waals surface area (Å²) < 4.78 is 23.1. The van der Waals surface area contributed by atoms with E-state index in [-0.39, 0.29) is 12.4 Å². The van der Waals surface area contributed by atoms with Crippen molar-refractivity contribution in [2.24, 2.45) is 0 Å². The fourth-order valence-corrected chi connectivity index (χ4v) is 3.63. The lowest BCUT2D eigenvalue weighted by Crippen LogP contribution is -2.62. The van der Waals surface area contributed by atoms with Gasteiger partial charge in [0.1, 0.15) is 30.2 Å². The molecule has 0 radical (unpaired) electrons. The second kappa shape index (κ2) is 9.21. The van der Waals surface area contributed by atoms with Crippen LogP contribution in [0.3, 0.4) is 0 Å². The Morgan fingerprint density at radius 3 is 2.45 bits per heavy atom. The largest absolute Gasteiger partial charge is 0.508 e. The van der Waals surface area contributed by atoms with E-state index < -0.39 is 37.0 Å². The van der Waals surface area contributed by atoms with Gasteiger partial charge >= 0.3 is 0 Å². The highest BCUT2D eigenvalue weighted by Gasteiger charge is 2.49. The third-order valence-corrected chi connectivity index (χ3v) is 5.23. The van der Waals surface area contributed by atoms with Crippen molar-refractivity contribution >= 4 is 0 Å². The molecule has 7 nitrogen and oxygen atoms in total. The lowest BCUT2D eigenvalue weighted by Gasteiger charge is -2.46. The Bertz CT molecular complexity index is 764. The summed E-state index contributed by atoms with van der Waals surface area (Å²) >= 11 is 0. The Kier molecular flexibility index (Phi) is 6.44. The van der Waals surface area contributed by atoms with Crippen molar-refractivity contribution in [1.29, 1.82) is 0 Å². The average Bonchev–Trinajstić information content (AvgIpc) is 2.76. The van der Waals surface area contributed by atoms with E-state index in [0.29, 0.717) is 13.0 Å². The molecule has 29 heavy (non-hydrogen) atoms.